The first-order valence-electron chi connectivity index (χ1n) is 25.9. The fraction of sp³-hybridized carbons (Fsp3) is 0.810. The Morgan fingerprint density at radius 3 is 0.933 bits per heavy atom. The van der Waals surface area contributed by atoms with Crippen LogP contribution in [0.5, 0.6) is 0 Å². The third-order valence-electron chi connectivity index (χ3n) is 12.9. The molecule has 47 heteroatoms. The van der Waals surface area contributed by atoms with Gasteiger partial charge in [-0.2, -0.15) is 0 Å². The van der Waals surface area contributed by atoms with Gasteiger partial charge in [-0.3, -0.25) is 0 Å². The van der Waals surface area contributed by atoms with Crippen molar-refractivity contribution in [3.63, 3.8) is 0 Å². The molecule has 0 aromatic rings. The van der Waals surface area contributed by atoms with Crippen LogP contribution in [0.15, 0.2) is 76.8 Å². The molecule has 4 bridgehead atoms. The predicted octanol–water partition coefficient (Wildman–Crippen LogP) is -1.01. The van der Waals surface area contributed by atoms with Gasteiger partial charge in [-0.05, 0) is 71.8 Å². The summed E-state index contributed by atoms with van der Waals surface area (Å²) in [6.07, 6.45) is -55.6. The molecule has 0 spiro atoms. The molecule has 0 aliphatic carbocycles. The summed E-state index contributed by atoms with van der Waals surface area (Å²) in [7, 11) is 0. The number of nitrogens with two attached hydrogens (primary N) is 1. The van der Waals surface area contributed by atoms with E-state index < -0.39 is 260 Å². The summed E-state index contributed by atoms with van der Waals surface area (Å²) in [5.41, 5.74) is 59.8. The summed E-state index contributed by atoms with van der Waals surface area (Å²) in [5.74, 6) is -12.9. The maximum absolute atomic E-state index is 11.4. The van der Waals surface area contributed by atoms with Gasteiger partial charge in [0.1, 0.15) is 73.2 Å². The van der Waals surface area contributed by atoms with E-state index in [1.54, 1.807) is 0 Å². The SMILES string of the molecule is [N-]=[N+]=NCCC1OC(O)/C(O)=C(\O)C(CCN=[N+]=[N-])OC(O)/C(O)=C(\O)C(CCN=[N+]=[N-])OC2OC(CN=[N+]=[N-])C(OC(O)C(O)C(O)C(CCN)OC3OC(CN=[N+]=[N-])C(OC(O)/C(O)=C(\O)C(CCN=[N+]=[N-])OC(O)C(O)=C1O)C(O)C3O)C(O)C2O. The zero-order chi connectivity index (χ0) is 66.7. The normalized spacial score (nSPS) is 37.9. The summed E-state index contributed by atoms with van der Waals surface area (Å²) in [6, 6.07) is 0. The zero-order valence-corrected chi connectivity index (χ0v) is 46.0. The number of ether oxygens (including phenoxy) is 9. The van der Waals surface area contributed by atoms with Gasteiger partial charge >= 0.3 is 0 Å². The first-order chi connectivity index (χ1) is 42.3. The van der Waals surface area contributed by atoms with E-state index >= 15 is 0 Å². The molecule has 47 nitrogen and oxygen atoms in total. The van der Waals surface area contributed by atoms with Crippen LogP contribution in [-0.4, -0.2) is 278 Å². The quantitative estimate of drug-likeness (QED) is 0.0444. The van der Waals surface area contributed by atoms with Crippen LogP contribution in [0, 0.1) is 0 Å². The Labute approximate surface area is 497 Å². The fourth-order valence-corrected chi connectivity index (χ4v) is 8.34. The van der Waals surface area contributed by atoms with Gasteiger partial charge in [0.25, 0.3) is 0 Å². The smallest absolute Gasteiger partial charge is 0.218 e. The predicted molar refractivity (Wildman–Crippen MR) is 283 cm³/mol. The van der Waals surface area contributed by atoms with Gasteiger partial charge in [-0.25, -0.2) is 0 Å². The van der Waals surface area contributed by atoms with Crippen LogP contribution >= 0.6 is 0 Å². The van der Waals surface area contributed by atoms with Crippen molar-refractivity contribution in [2.24, 2.45) is 36.4 Å². The highest BCUT2D eigenvalue weighted by atomic mass is 16.7. The molecule has 2 fully saturated rings. The molecular weight excluding hydrogens is 1220 g/mol. The van der Waals surface area contributed by atoms with E-state index in [9.17, 15) is 103 Å². The second-order valence-electron chi connectivity index (χ2n) is 18.7. The van der Waals surface area contributed by atoms with Gasteiger partial charge in [-0.15, -0.1) is 0 Å². The van der Waals surface area contributed by atoms with E-state index in [1.165, 1.54) is 0 Å². The number of aliphatic hydroxyl groups excluding tert-OH is 19. The minimum absolute atomic E-state index is 0.425. The highest BCUT2D eigenvalue weighted by Crippen LogP contribution is 2.33. The number of hydrogen-bond acceptors (Lipinski definition) is 35. The van der Waals surface area contributed by atoms with Crippen molar-refractivity contribution >= 4 is 0 Å². The largest absolute Gasteiger partial charge is 0.506 e. The van der Waals surface area contributed by atoms with Crippen LogP contribution in [0.1, 0.15) is 32.1 Å². The lowest BCUT2D eigenvalue weighted by molar-refractivity contribution is -0.342. The molecule has 5 aliphatic heterocycles. The van der Waals surface area contributed by atoms with Gasteiger partial charge in [0.15, 0.2) is 64.9 Å². The van der Waals surface area contributed by atoms with Gasteiger partial charge in [-0.1, -0.05) is 30.7 Å². The summed E-state index contributed by atoms with van der Waals surface area (Å²) < 4.78 is 49.0. The molecule has 0 aromatic carbocycles. The first-order valence-corrected chi connectivity index (χ1v) is 25.9. The van der Waals surface area contributed by atoms with Crippen molar-refractivity contribution in [1.29, 1.82) is 0 Å². The summed E-state index contributed by atoms with van der Waals surface area (Å²) in [4.78, 5) is 15.1. The molecule has 22 atom stereocenters. The average Bonchev–Trinajstić information content (AvgIpc) is 1.13. The van der Waals surface area contributed by atoms with Crippen molar-refractivity contribution in [2.45, 2.75) is 168 Å². The van der Waals surface area contributed by atoms with E-state index in [1.807, 2.05) is 0 Å². The number of azide groups is 6. The molecule has 0 amide bonds. The van der Waals surface area contributed by atoms with E-state index in [0.29, 0.717) is 0 Å². The van der Waals surface area contributed by atoms with Crippen LogP contribution in [0.4, 0.5) is 0 Å². The molecule has 0 radical (unpaired) electrons. The van der Waals surface area contributed by atoms with Crippen LogP contribution in [0.3, 0.4) is 0 Å². The van der Waals surface area contributed by atoms with Gasteiger partial charge < -0.3 is 145 Å². The van der Waals surface area contributed by atoms with Gasteiger partial charge in [0, 0.05) is 55.6 Å². The van der Waals surface area contributed by atoms with Crippen LogP contribution in [0.2, 0.25) is 0 Å². The topological polar surface area (TPSA) is 786 Å². The number of nitrogens with zero attached hydrogens (tertiary/aromatic N) is 18. The highest BCUT2D eigenvalue weighted by Gasteiger charge is 2.51. The molecule has 498 valence electrons. The van der Waals surface area contributed by atoms with Crippen LogP contribution in [0.25, 0.3) is 62.7 Å². The second-order valence-corrected chi connectivity index (χ2v) is 18.7. The summed E-state index contributed by atoms with van der Waals surface area (Å²) in [6.45, 7) is -4.96. The summed E-state index contributed by atoms with van der Waals surface area (Å²) in [5, 5.41) is 232. The standard InChI is InChI=1S/C42H67N19O28/c43-6-1-13-20(62)30(72)39(79)88-35-19(12-55-61-49)87-42(33(75)26(35)68)85-17(5-10-53-59-47)24(66)29(71)38(78)82-15(3-8-51-57-45)22(64)27(69)36(76)81-14(2-7-50-56-44)21(63)28(70)37(77)83-16(4-9-52-58-46)23(65)31(73)40(80)89-34-18(11-54-60-48)86-41(84-13)32(74)25(34)67/h13-20,25-26,30,32-42,62-80H,1-12,43H2/b27-22+,28-21?,29-24+,31-23+. The number of aliphatic hydroxyl groups is 19. The Kier molecular flexibility index (Phi) is 32.3. The molecule has 2 saturated heterocycles. The molecule has 0 saturated carbocycles. The van der Waals surface area contributed by atoms with Crippen molar-refractivity contribution < 1.29 is 140 Å². The van der Waals surface area contributed by atoms with Crippen molar-refractivity contribution in [2.75, 3.05) is 45.8 Å². The van der Waals surface area contributed by atoms with E-state index in [-0.39, 0.29) is 0 Å². The molecule has 5 rings (SSSR count). The lowest BCUT2D eigenvalue weighted by Gasteiger charge is -2.45. The Balaban J connectivity index is 2.33. The first kappa shape index (κ1) is 75.6. The van der Waals surface area contributed by atoms with E-state index in [0.717, 1.165) is 0 Å². The Bertz CT molecular complexity index is 2720. The lowest BCUT2D eigenvalue weighted by atomic mass is 9.97. The Morgan fingerprint density at radius 1 is 0.315 bits per heavy atom. The third kappa shape index (κ3) is 21.5. The van der Waals surface area contributed by atoms with Crippen molar-refractivity contribution in [3.05, 3.63) is 109 Å². The van der Waals surface area contributed by atoms with Gasteiger partial charge in [0.2, 0.25) is 25.2 Å². The summed E-state index contributed by atoms with van der Waals surface area (Å²) >= 11 is 0. The Morgan fingerprint density at radius 2 is 0.607 bits per heavy atom. The molecule has 21 N–H and O–H groups in total. The maximum atomic E-state index is 11.4. The maximum Gasteiger partial charge on any atom is 0.218 e. The zero-order valence-electron chi connectivity index (χ0n) is 46.0. The monoisotopic (exact) mass is 1290 g/mol. The van der Waals surface area contributed by atoms with Crippen molar-refractivity contribution in [1.82, 2.24) is 0 Å². The number of rotatable bonds is 18. The molecular formula is C42H67N19O28. The Hall–Kier alpha value is -7.62. The average molecular weight is 1290 g/mol. The number of hydrogen-bond donors (Lipinski definition) is 20. The number of fused-ring (bicyclic) bond motifs is 2. The lowest BCUT2D eigenvalue weighted by Crippen LogP contribution is -2.63. The third-order valence-corrected chi connectivity index (χ3v) is 12.9. The van der Waals surface area contributed by atoms with E-state index in [2.05, 4.69) is 60.2 Å². The van der Waals surface area contributed by atoms with Crippen molar-refractivity contribution in [3.8, 4) is 0 Å². The molecule has 5 heterocycles. The van der Waals surface area contributed by atoms with Crippen LogP contribution in [-0.2, 0) is 42.6 Å². The molecule has 5 aliphatic rings. The molecule has 22 unspecified atom stereocenters. The highest BCUT2D eigenvalue weighted by molar-refractivity contribution is 5.14. The minimum atomic E-state index is -2.93. The second kappa shape index (κ2) is 38.0. The molecule has 0 aromatic heterocycles. The van der Waals surface area contributed by atoms with Crippen LogP contribution < -0.4 is 5.73 Å². The molecule has 89 heavy (non-hydrogen) atoms. The fourth-order valence-electron chi connectivity index (χ4n) is 8.34. The van der Waals surface area contributed by atoms with E-state index in [4.69, 9.17) is 76.0 Å². The minimum Gasteiger partial charge on any atom is -0.506 e. The van der Waals surface area contributed by atoms with Gasteiger partial charge in [0.05, 0.1) is 31.4 Å².